The quantitative estimate of drug-likeness (QED) is 0.914. The van der Waals surface area contributed by atoms with Gasteiger partial charge in [-0.3, -0.25) is 4.99 Å². The van der Waals surface area contributed by atoms with Crippen molar-refractivity contribution in [2.45, 2.75) is 19.9 Å². The van der Waals surface area contributed by atoms with Crippen LogP contribution in [0, 0.1) is 13.8 Å². The standard InChI is InChI=1S/C14H16N4S/c1-9-4-3-5-11(6-9)18-13(7-16-14(18)15)12-8-19-10(2)17-12/h3-6,8,13H,7H2,1-2H3,(H2,15,16). The van der Waals surface area contributed by atoms with Gasteiger partial charge in [-0.25, -0.2) is 4.98 Å². The number of benzene rings is 1. The lowest BCUT2D eigenvalue weighted by Gasteiger charge is -2.25. The molecule has 0 saturated heterocycles. The largest absolute Gasteiger partial charge is 0.369 e. The van der Waals surface area contributed by atoms with Crippen LogP contribution in [0.3, 0.4) is 0 Å². The SMILES string of the molecule is Cc1cccc(N2C(N)=NCC2c2csc(C)n2)c1. The Bertz CT molecular complexity index is 632. The summed E-state index contributed by atoms with van der Waals surface area (Å²) in [6.45, 7) is 4.77. The Morgan fingerprint density at radius 3 is 2.89 bits per heavy atom. The summed E-state index contributed by atoms with van der Waals surface area (Å²) in [4.78, 5) is 11.0. The van der Waals surface area contributed by atoms with Crippen LogP contribution < -0.4 is 10.6 Å². The van der Waals surface area contributed by atoms with Gasteiger partial charge in [-0.2, -0.15) is 0 Å². The molecule has 2 heterocycles. The van der Waals surface area contributed by atoms with E-state index in [0.717, 1.165) is 16.4 Å². The van der Waals surface area contributed by atoms with Crippen LogP contribution in [-0.4, -0.2) is 17.5 Å². The van der Waals surface area contributed by atoms with Crippen molar-refractivity contribution in [3.63, 3.8) is 0 Å². The van der Waals surface area contributed by atoms with E-state index in [0.29, 0.717) is 12.5 Å². The molecule has 2 aromatic rings. The average molecular weight is 272 g/mol. The molecule has 1 unspecified atom stereocenters. The molecule has 0 fully saturated rings. The zero-order valence-corrected chi connectivity index (χ0v) is 11.8. The van der Waals surface area contributed by atoms with E-state index in [1.54, 1.807) is 11.3 Å². The maximum atomic E-state index is 6.05. The van der Waals surface area contributed by atoms with E-state index in [4.69, 9.17) is 5.73 Å². The Hall–Kier alpha value is -1.88. The fraction of sp³-hybridized carbons (Fsp3) is 0.286. The van der Waals surface area contributed by atoms with Crippen molar-refractivity contribution >= 4 is 23.0 Å². The van der Waals surface area contributed by atoms with E-state index in [1.165, 1.54) is 5.56 Å². The Kier molecular flexibility index (Phi) is 2.98. The Morgan fingerprint density at radius 2 is 2.21 bits per heavy atom. The topological polar surface area (TPSA) is 54.5 Å². The zero-order chi connectivity index (χ0) is 13.4. The number of aryl methyl sites for hydroxylation is 2. The van der Waals surface area contributed by atoms with E-state index in [9.17, 15) is 0 Å². The van der Waals surface area contributed by atoms with Crippen molar-refractivity contribution in [3.8, 4) is 0 Å². The van der Waals surface area contributed by atoms with Gasteiger partial charge in [0.2, 0.25) is 0 Å². The summed E-state index contributed by atoms with van der Waals surface area (Å²) in [5, 5.41) is 3.17. The minimum atomic E-state index is 0.117. The number of hydrogen-bond acceptors (Lipinski definition) is 5. The highest BCUT2D eigenvalue weighted by atomic mass is 32.1. The third kappa shape index (κ3) is 2.21. The monoisotopic (exact) mass is 272 g/mol. The van der Waals surface area contributed by atoms with Crippen molar-refractivity contribution in [2.24, 2.45) is 10.7 Å². The van der Waals surface area contributed by atoms with Gasteiger partial charge in [0, 0.05) is 11.1 Å². The summed E-state index contributed by atoms with van der Waals surface area (Å²) in [5.41, 5.74) is 9.39. The number of nitrogens with zero attached hydrogens (tertiary/aromatic N) is 3. The molecule has 0 aliphatic carbocycles. The van der Waals surface area contributed by atoms with Crippen LogP contribution in [0.2, 0.25) is 0 Å². The minimum Gasteiger partial charge on any atom is -0.369 e. The average Bonchev–Trinajstić information content (AvgIpc) is 2.95. The number of nitrogens with two attached hydrogens (primary N) is 1. The van der Waals surface area contributed by atoms with Gasteiger partial charge in [0.05, 0.1) is 23.3 Å². The molecule has 2 N–H and O–H groups in total. The number of anilines is 1. The fourth-order valence-electron chi connectivity index (χ4n) is 2.35. The molecule has 0 saturated carbocycles. The predicted octanol–water partition coefficient (Wildman–Crippen LogP) is 2.64. The number of guanidine groups is 1. The summed E-state index contributed by atoms with van der Waals surface area (Å²) in [5.74, 6) is 0.571. The Labute approximate surface area is 116 Å². The summed E-state index contributed by atoms with van der Waals surface area (Å²) in [7, 11) is 0. The van der Waals surface area contributed by atoms with Crippen LogP contribution in [0.1, 0.15) is 22.3 Å². The highest BCUT2D eigenvalue weighted by Crippen LogP contribution is 2.31. The van der Waals surface area contributed by atoms with Gasteiger partial charge < -0.3 is 10.6 Å². The van der Waals surface area contributed by atoms with Crippen LogP contribution in [0.4, 0.5) is 5.69 Å². The fourth-order valence-corrected chi connectivity index (χ4v) is 3.01. The van der Waals surface area contributed by atoms with Crippen LogP contribution in [0.5, 0.6) is 0 Å². The zero-order valence-electron chi connectivity index (χ0n) is 11.0. The molecule has 1 aromatic carbocycles. The predicted molar refractivity (Wildman–Crippen MR) is 79.7 cm³/mol. The summed E-state index contributed by atoms with van der Waals surface area (Å²) in [6, 6.07) is 8.42. The van der Waals surface area contributed by atoms with Crippen LogP contribution in [0.15, 0.2) is 34.6 Å². The molecule has 1 aliphatic rings. The molecule has 0 amide bonds. The van der Waals surface area contributed by atoms with Gasteiger partial charge in [0.15, 0.2) is 5.96 Å². The van der Waals surface area contributed by atoms with Gasteiger partial charge in [-0.1, -0.05) is 12.1 Å². The van der Waals surface area contributed by atoms with Gasteiger partial charge in [-0.05, 0) is 31.5 Å². The van der Waals surface area contributed by atoms with Crippen molar-refractivity contribution in [3.05, 3.63) is 45.9 Å². The highest BCUT2D eigenvalue weighted by molar-refractivity contribution is 7.09. The molecule has 0 bridgehead atoms. The second-order valence-corrected chi connectivity index (χ2v) is 5.78. The third-order valence-electron chi connectivity index (χ3n) is 3.24. The van der Waals surface area contributed by atoms with Crippen molar-refractivity contribution in [2.75, 3.05) is 11.4 Å². The molecular weight excluding hydrogens is 256 g/mol. The van der Waals surface area contributed by atoms with Crippen molar-refractivity contribution in [1.82, 2.24) is 4.98 Å². The number of aromatic nitrogens is 1. The second-order valence-electron chi connectivity index (χ2n) is 4.72. The van der Waals surface area contributed by atoms with E-state index in [1.807, 2.05) is 13.0 Å². The first-order valence-corrected chi connectivity index (χ1v) is 7.11. The molecule has 0 spiro atoms. The smallest absolute Gasteiger partial charge is 0.196 e. The van der Waals surface area contributed by atoms with Crippen LogP contribution >= 0.6 is 11.3 Å². The number of hydrogen-bond donors (Lipinski definition) is 1. The molecule has 4 nitrogen and oxygen atoms in total. The van der Waals surface area contributed by atoms with Gasteiger partial charge in [-0.15, -0.1) is 11.3 Å². The summed E-state index contributed by atoms with van der Waals surface area (Å²) in [6.07, 6.45) is 0. The molecule has 19 heavy (non-hydrogen) atoms. The second kappa shape index (κ2) is 4.66. The van der Waals surface area contributed by atoms with Crippen molar-refractivity contribution < 1.29 is 0 Å². The maximum Gasteiger partial charge on any atom is 0.196 e. The van der Waals surface area contributed by atoms with E-state index < -0.39 is 0 Å². The Morgan fingerprint density at radius 1 is 1.37 bits per heavy atom. The van der Waals surface area contributed by atoms with Gasteiger partial charge >= 0.3 is 0 Å². The molecular formula is C14H16N4S. The normalized spacial score (nSPS) is 18.7. The number of rotatable bonds is 2. The van der Waals surface area contributed by atoms with E-state index in [-0.39, 0.29) is 6.04 Å². The molecule has 1 aromatic heterocycles. The van der Waals surface area contributed by atoms with Gasteiger partial charge in [0.25, 0.3) is 0 Å². The first-order chi connectivity index (χ1) is 9.15. The molecule has 1 atom stereocenters. The number of thiazole rings is 1. The lowest BCUT2D eigenvalue weighted by molar-refractivity contribution is 0.744. The molecule has 3 rings (SSSR count). The van der Waals surface area contributed by atoms with Crippen molar-refractivity contribution in [1.29, 1.82) is 0 Å². The van der Waals surface area contributed by atoms with Gasteiger partial charge in [0.1, 0.15) is 0 Å². The molecule has 98 valence electrons. The van der Waals surface area contributed by atoms with Crippen LogP contribution in [0.25, 0.3) is 0 Å². The van der Waals surface area contributed by atoms with Crippen LogP contribution in [-0.2, 0) is 0 Å². The molecule has 1 aliphatic heterocycles. The first-order valence-electron chi connectivity index (χ1n) is 6.23. The lowest BCUT2D eigenvalue weighted by atomic mass is 10.1. The lowest BCUT2D eigenvalue weighted by Crippen LogP contribution is -2.36. The number of aliphatic imine (C=N–C) groups is 1. The maximum absolute atomic E-state index is 6.05. The third-order valence-corrected chi connectivity index (χ3v) is 4.03. The van der Waals surface area contributed by atoms with E-state index >= 15 is 0 Å². The first kappa shape index (κ1) is 12.2. The highest BCUT2D eigenvalue weighted by Gasteiger charge is 2.30. The summed E-state index contributed by atoms with van der Waals surface area (Å²) < 4.78 is 0. The Balaban J connectivity index is 1.99. The summed E-state index contributed by atoms with van der Waals surface area (Å²) >= 11 is 1.66. The minimum absolute atomic E-state index is 0.117. The molecule has 0 radical (unpaired) electrons. The molecule has 5 heteroatoms. The van der Waals surface area contributed by atoms with E-state index in [2.05, 4.69) is 45.4 Å².